The molecule has 0 N–H and O–H groups in total. The smallest absolute Gasteiger partial charge is 0.341 e. The summed E-state index contributed by atoms with van der Waals surface area (Å²) >= 11 is 0. The fourth-order valence-corrected chi connectivity index (χ4v) is 4.08. The van der Waals surface area contributed by atoms with E-state index in [0.29, 0.717) is 18.8 Å². The van der Waals surface area contributed by atoms with Crippen LogP contribution in [0.1, 0.15) is 11.1 Å². The molecule has 0 radical (unpaired) electrons. The Morgan fingerprint density at radius 2 is 1.55 bits per heavy atom. The molecular weight excluding hydrogens is 405 g/mol. The van der Waals surface area contributed by atoms with Crippen molar-refractivity contribution in [3.05, 3.63) is 59.4 Å². The van der Waals surface area contributed by atoms with Crippen LogP contribution in [0.2, 0.25) is 0 Å². The van der Waals surface area contributed by atoms with Gasteiger partial charge in [-0.2, -0.15) is 8.78 Å². The number of nitrogens with zero attached hydrogens (tertiary/aromatic N) is 2. The summed E-state index contributed by atoms with van der Waals surface area (Å²) in [5, 5.41) is 0. The maximum atomic E-state index is 13.5. The van der Waals surface area contributed by atoms with Crippen molar-refractivity contribution < 1.29 is 26.3 Å². The van der Waals surface area contributed by atoms with Crippen molar-refractivity contribution in [3.8, 4) is 5.75 Å². The van der Waals surface area contributed by atoms with Gasteiger partial charge < -0.3 is 4.74 Å². The second kappa shape index (κ2) is 9.15. The van der Waals surface area contributed by atoms with Crippen LogP contribution in [0.3, 0.4) is 0 Å². The van der Waals surface area contributed by atoms with E-state index in [2.05, 4.69) is 9.80 Å². The van der Waals surface area contributed by atoms with Crippen LogP contribution in [-0.4, -0.2) is 57.3 Å². The summed E-state index contributed by atoms with van der Waals surface area (Å²) in [5.41, 5.74) is 1.66. The van der Waals surface area contributed by atoms with Crippen molar-refractivity contribution in [2.45, 2.75) is 23.7 Å². The summed E-state index contributed by atoms with van der Waals surface area (Å²) in [7, 11) is -3.00. The summed E-state index contributed by atoms with van der Waals surface area (Å²) in [6, 6.07) is 10.1. The maximum absolute atomic E-state index is 13.5. The molecule has 1 aliphatic heterocycles. The number of benzene rings is 2. The van der Waals surface area contributed by atoms with Crippen molar-refractivity contribution >= 4 is 9.84 Å². The van der Waals surface area contributed by atoms with Crippen molar-refractivity contribution in [2.24, 2.45) is 0 Å². The number of halogens is 3. The third kappa shape index (κ3) is 5.29. The van der Waals surface area contributed by atoms with Crippen molar-refractivity contribution in [3.63, 3.8) is 0 Å². The Labute approximate surface area is 168 Å². The quantitative estimate of drug-likeness (QED) is 0.678. The van der Waals surface area contributed by atoms with Gasteiger partial charge in [0.25, 0.3) is 0 Å². The van der Waals surface area contributed by atoms with E-state index in [0.717, 1.165) is 37.3 Å². The highest BCUT2D eigenvalue weighted by molar-refractivity contribution is 7.91. The molecule has 0 atom stereocenters. The van der Waals surface area contributed by atoms with E-state index >= 15 is 0 Å². The van der Waals surface area contributed by atoms with Gasteiger partial charge in [-0.15, -0.1) is 0 Å². The lowest BCUT2D eigenvalue weighted by Gasteiger charge is -2.35. The predicted octanol–water partition coefficient (Wildman–Crippen LogP) is 3.15. The Balaban J connectivity index is 1.54. The highest BCUT2D eigenvalue weighted by Gasteiger charge is 2.26. The summed E-state index contributed by atoms with van der Waals surface area (Å²) in [6.45, 7) is 4.35. The van der Waals surface area contributed by atoms with E-state index in [9.17, 15) is 21.6 Å². The van der Waals surface area contributed by atoms with Crippen LogP contribution in [0.15, 0.2) is 47.4 Å². The molecule has 0 aromatic heterocycles. The van der Waals surface area contributed by atoms with E-state index < -0.39 is 15.6 Å². The average Bonchev–Trinajstić information content (AvgIpc) is 2.70. The number of ether oxygens (including phenoxy) is 1. The Morgan fingerprint density at radius 1 is 0.966 bits per heavy atom. The molecule has 2 aromatic rings. The first-order valence-electron chi connectivity index (χ1n) is 9.17. The molecule has 9 heteroatoms. The van der Waals surface area contributed by atoms with E-state index in [1.165, 1.54) is 24.3 Å². The van der Waals surface area contributed by atoms with Crippen LogP contribution in [0.25, 0.3) is 0 Å². The van der Waals surface area contributed by atoms with E-state index in [1.807, 2.05) is 0 Å². The largest absolute Gasteiger partial charge is 0.496 e. The molecule has 0 amide bonds. The minimum atomic E-state index is -4.56. The van der Waals surface area contributed by atoms with E-state index in [-0.39, 0.29) is 10.7 Å². The van der Waals surface area contributed by atoms with E-state index in [1.54, 1.807) is 25.3 Å². The van der Waals surface area contributed by atoms with Crippen molar-refractivity contribution in [2.75, 3.05) is 33.3 Å². The van der Waals surface area contributed by atoms with Gasteiger partial charge in [-0.1, -0.05) is 12.1 Å². The Hall–Kier alpha value is -2.10. The third-order valence-electron chi connectivity index (χ3n) is 4.99. The van der Waals surface area contributed by atoms with Gasteiger partial charge in [0, 0.05) is 44.8 Å². The standard InChI is InChI=1S/C20H23F3N2O3S/c1-28-19-7-4-17(21)12-16(19)14-25-10-8-24(9-11-25)13-15-2-5-18(6-3-15)29(26,27)20(22)23/h2-7,12,20H,8-11,13-14H2,1H3. The molecule has 0 unspecified atom stereocenters. The van der Waals surface area contributed by atoms with Crippen molar-refractivity contribution in [1.82, 2.24) is 9.80 Å². The normalized spacial score (nSPS) is 16.3. The highest BCUT2D eigenvalue weighted by atomic mass is 32.2. The number of alkyl halides is 2. The SMILES string of the molecule is COc1ccc(F)cc1CN1CCN(Cc2ccc(S(=O)(=O)C(F)F)cc2)CC1. The molecule has 158 valence electrons. The van der Waals surface area contributed by atoms with Gasteiger partial charge in [-0.25, -0.2) is 12.8 Å². The van der Waals surface area contributed by atoms with Crippen LogP contribution in [0, 0.1) is 5.82 Å². The summed E-state index contributed by atoms with van der Waals surface area (Å²) < 4.78 is 67.0. The average molecular weight is 428 g/mol. The predicted molar refractivity (Wildman–Crippen MR) is 103 cm³/mol. The van der Waals surface area contributed by atoms with Crippen LogP contribution >= 0.6 is 0 Å². The van der Waals surface area contributed by atoms with Gasteiger partial charge in [-0.3, -0.25) is 9.80 Å². The molecule has 1 aliphatic rings. The van der Waals surface area contributed by atoms with Gasteiger partial charge in [0.15, 0.2) is 0 Å². The molecule has 2 aromatic carbocycles. The topological polar surface area (TPSA) is 49.9 Å². The molecule has 5 nitrogen and oxygen atoms in total. The molecule has 29 heavy (non-hydrogen) atoms. The number of methoxy groups -OCH3 is 1. The molecule has 1 saturated heterocycles. The van der Waals surface area contributed by atoms with Crippen LogP contribution in [-0.2, 0) is 22.9 Å². The molecular formula is C20H23F3N2O3S. The fraction of sp³-hybridized carbons (Fsp3) is 0.400. The first kappa shape index (κ1) is 21.6. The molecule has 0 saturated carbocycles. The zero-order valence-electron chi connectivity index (χ0n) is 16.0. The lowest BCUT2D eigenvalue weighted by atomic mass is 10.1. The lowest BCUT2D eigenvalue weighted by molar-refractivity contribution is 0.121. The minimum Gasteiger partial charge on any atom is -0.496 e. The molecule has 3 rings (SSSR count). The fourth-order valence-electron chi connectivity index (χ4n) is 3.36. The first-order valence-corrected chi connectivity index (χ1v) is 10.7. The van der Waals surface area contributed by atoms with Gasteiger partial charge in [0.05, 0.1) is 12.0 Å². The molecule has 0 bridgehead atoms. The lowest BCUT2D eigenvalue weighted by Crippen LogP contribution is -2.45. The number of rotatable bonds is 7. The Kier molecular flexibility index (Phi) is 6.81. The summed E-state index contributed by atoms with van der Waals surface area (Å²) in [4.78, 5) is 4.05. The van der Waals surface area contributed by atoms with Crippen LogP contribution in [0.4, 0.5) is 13.2 Å². The second-order valence-electron chi connectivity index (χ2n) is 6.96. The van der Waals surface area contributed by atoms with Crippen LogP contribution < -0.4 is 4.74 Å². The van der Waals surface area contributed by atoms with Gasteiger partial charge in [0.2, 0.25) is 9.84 Å². The third-order valence-corrected chi connectivity index (χ3v) is 6.39. The first-order chi connectivity index (χ1) is 13.8. The highest BCUT2D eigenvalue weighted by Crippen LogP contribution is 2.22. The minimum absolute atomic E-state index is 0.295. The van der Waals surface area contributed by atoms with Crippen molar-refractivity contribution in [1.29, 1.82) is 0 Å². The second-order valence-corrected chi connectivity index (χ2v) is 8.88. The van der Waals surface area contributed by atoms with Gasteiger partial charge in [-0.05, 0) is 35.9 Å². The zero-order valence-corrected chi connectivity index (χ0v) is 16.8. The van der Waals surface area contributed by atoms with E-state index in [4.69, 9.17) is 4.74 Å². The zero-order chi connectivity index (χ0) is 21.0. The summed E-state index contributed by atoms with van der Waals surface area (Å²) in [5.74, 6) is -3.05. The molecule has 0 spiro atoms. The Bertz CT molecular complexity index is 928. The molecule has 1 heterocycles. The summed E-state index contributed by atoms with van der Waals surface area (Å²) in [6.07, 6.45) is 0. The monoisotopic (exact) mass is 428 g/mol. The number of piperazine rings is 1. The molecule has 0 aliphatic carbocycles. The molecule has 1 fully saturated rings. The number of hydrogen-bond donors (Lipinski definition) is 0. The maximum Gasteiger partial charge on any atom is 0.341 e. The number of sulfone groups is 1. The Morgan fingerprint density at radius 3 is 2.10 bits per heavy atom. The number of hydrogen-bond acceptors (Lipinski definition) is 5. The van der Waals surface area contributed by atoms with Crippen LogP contribution in [0.5, 0.6) is 5.75 Å². The van der Waals surface area contributed by atoms with Gasteiger partial charge >= 0.3 is 5.76 Å². The van der Waals surface area contributed by atoms with Gasteiger partial charge in [0.1, 0.15) is 11.6 Å².